The van der Waals surface area contributed by atoms with Crippen molar-refractivity contribution >= 4 is 23.5 Å². The van der Waals surface area contributed by atoms with Crippen LogP contribution in [0.4, 0.5) is 5.69 Å². The van der Waals surface area contributed by atoms with Gasteiger partial charge in [0.1, 0.15) is 0 Å². The lowest BCUT2D eigenvalue weighted by Gasteiger charge is -2.18. The normalized spacial score (nSPS) is 11.2. The number of aromatic nitrogens is 1. The summed E-state index contributed by atoms with van der Waals surface area (Å²) in [7, 11) is 2.70. The highest BCUT2D eigenvalue weighted by atomic mass is 16.5. The molecular formula is C25H25N3O6. The number of esters is 1. The van der Waals surface area contributed by atoms with Gasteiger partial charge in [0.05, 0.1) is 31.8 Å². The molecule has 0 aliphatic heterocycles. The number of pyridine rings is 1. The van der Waals surface area contributed by atoms with E-state index in [0.717, 1.165) is 5.56 Å². The molecule has 2 aromatic carbocycles. The Morgan fingerprint density at radius 1 is 1.00 bits per heavy atom. The molecule has 1 aromatic heterocycles. The van der Waals surface area contributed by atoms with Crippen molar-refractivity contribution in [3.05, 3.63) is 83.7 Å². The number of hydrogen-bond acceptors (Lipinski definition) is 7. The molecule has 1 heterocycles. The Morgan fingerprint density at radius 3 is 2.41 bits per heavy atom. The fourth-order valence-corrected chi connectivity index (χ4v) is 3.30. The summed E-state index contributed by atoms with van der Waals surface area (Å²) in [6.45, 7) is 0. The van der Waals surface area contributed by atoms with Gasteiger partial charge in [-0.05, 0) is 48.4 Å². The number of carbonyl (C=O) groups is 3. The molecule has 9 heteroatoms. The van der Waals surface area contributed by atoms with Gasteiger partial charge >= 0.3 is 5.97 Å². The van der Waals surface area contributed by atoms with Crippen molar-refractivity contribution in [1.82, 2.24) is 10.3 Å². The molecule has 0 aliphatic rings. The van der Waals surface area contributed by atoms with E-state index in [0.29, 0.717) is 17.7 Å². The number of nitrogens with one attached hydrogen (secondary N) is 2. The number of phenolic OH excluding ortho intramolecular Hbond substituents is 1. The average molecular weight is 463 g/mol. The van der Waals surface area contributed by atoms with Crippen molar-refractivity contribution in [2.24, 2.45) is 0 Å². The standard InChI is InChI=1S/C25H25N3O6/c1-33-21-7-3-6-20(23(21)30)25(32)27-18-10-8-16(9-11-18)13-19(14-22(29)34-2)28-24(31)17-5-4-12-26-15-17/h3-12,15,19,30H,13-14H2,1-2H3,(H,27,32)(H,28,31)/t19-/m0/s1. The fraction of sp³-hybridized carbons (Fsp3) is 0.200. The summed E-state index contributed by atoms with van der Waals surface area (Å²) in [6.07, 6.45) is 3.38. The van der Waals surface area contributed by atoms with Crippen LogP contribution in [0.1, 0.15) is 32.7 Å². The Bertz CT molecular complexity index is 1150. The zero-order chi connectivity index (χ0) is 24.5. The van der Waals surface area contributed by atoms with E-state index < -0.39 is 17.9 Å². The predicted molar refractivity (Wildman–Crippen MR) is 125 cm³/mol. The van der Waals surface area contributed by atoms with E-state index in [1.165, 1.54) is 26.5 Å². The third-order valence-electron chi connectivity index (χ3n) is 5.06. The summed E-state index contributed by atoms with van der Waals surface area (Å²) in [5.74, 6) is -1.32. The Morgan fingerprint density at radius 2 is 1.76 bits per heavy atom. The first kappa shape index (κ1) is 24.2. The molecule has 3 aromatic rings. The highest BCUT2D eigenvalue weighted by molar-refractivity contribution is 6.06. The van der Waals surface area contributed by atoms with E-state index in [4.69, 9.17) is 9.47 Å². The molecule has 0 bridgehead atoms. The number of phenols is 1. The second-order valence-electron chi connectivity index (χ2n) is 7.40. The first-order valence-electron chi connectivity index (χ1n) is 10.4. The van der Waals surface area contributed by atoms with Crippen LogP contribution in [-0.2, 0) is 16.0 Å². The Labute approximate surface area is 196 Å². The third-order valence-corrected chi connectivity index (χ3v) is 5.06. The van der Waals surface area contributed by atoms with Crippen LogP contribution in [0.5, 0.6) is 11.5 Å². The summed E-state index contributed by atoms with van der Waals surface area (Å²) < 4.78 is 9.79. The number of amides is 2. The Balaban J connectivity index is 1.68. The van der Waals surface area contributed by atoms with Crippen molar-refractivity contribution in [2.45, 2.75) is 18.9 Å². The quantitative estimate of drug-likeness (QED) is 0.417. The van der Waals surface area contributed by atoms with Gasteiger partial charge in [-0.1, -0.05) is 18.2 Å². The molecule has 0 fully saturated rings. The predicted octanol–water partition coefficient (Wildman–Crippen LogP) is 2.95. The SMILES string of the molecule is COC(=O)C[C@H](Cc1ccc(NC(=O)c2cccc(OC)c2O)cc1)NC(=O)c1cccnc1. The molecule has 0 saturated heterocycles. The van der Waals surface area contributed by atoms with Gasteiger partial charge in [-0.15, -0.1) is 0 Å². The number of carbonyl (C=O) groups excluding carboxylic acids is 3. The lowest BCUT2D eigenvalue weighted by molar-refractivity contribution is -0.141. The molecule has 0 radical (unpaired) electrons. The molecule has 0 aliphatic carbocycles. The van der Waals surface area contributed by atoms with Crippen LogP contribution in [0, 0.1) is 0 Å². The zero-order valence-electron chi connectivity index (χ0n) is 18.8. The number of hydrogen-bond donors (Lipinski definition) is 3. The summed E-state index contributed by atoms with van der Waals surface area (Å²) >= 11 is 0. The molecule has 1 atom stereocenters. The number of rotatable bonds is 9. The molecule has 0 saturated carbocycles. The molecule has 3 N–H and O–H groups in total. The molecule has 2 amide bonds. The van der Waals surface area contributed by atoms with Crippen molar-refractivity contribution in [3.8, 4) is 11.5 Å². The van der Waals surface area contributed by atoms with E-state index in [-0.39, 0.29) is 29.4 Å². The van der Waals surface area contributed by atoms with Gasteiger partial charge in [-0.25, -0.2) is 0 Å². The number of para-hydroxylation sites is 1. The van der Waals surface area contributed by atoms with Crippen LogP contribution in [-0.4, -0.2) is 48.1 Å². The molecular weight excluding hydrogens is 438 g/mol. The maximum Gasteiger partial charge on any atom is 0.307 e. The maximum absolute atomic E-state index is 12.5. The fourth-order valence-electron chi connectivity index (χ4n) is 3.30. The van der Waals surface area contributed by atoms with Crippen molar-refractivity contribution in [1.29, 1.82) is 0 Å². The minimum absolute atomic E-state index is 0.00386. The van der Waals surface area contributed by atoms with Gasteiger partial charge in [0.2, 0.25) is 0 Å². The first-order valence-corrected chi connectivity index (χ1v) is 10.4. The van der Waals surface area contributed by atoms with E-state index in [9.17, 15) is 19.5 Å². The molecule has 9 nitrogen and oxygen atoms in total. The van der Waals surface area contributed by atoms with E-state index in [1.54, 1.807) is 54.7 Å². The van der Waals surface area contributed by atoms with E-state index in [2.05, 4.69) is 15.6 Å². The Hall–Kier alpha value is -4.40. The molecule has 0 spiro atoms. The van der Waals surface area contributed by atoms with Crippen molar-refractivity contribution in [2.75, 3.05) is 19.5 Å². The van der Waals surface area contributed by atoms with Gasteiger partial charge in [-0.3, -0.25) is 19.4 Å². The largest absolute Gasteiger partial charge is 0.504 e. The maximum atomic E-state index is 12.5. The minimum atomic E-state index is -0.505. The highest BCUT2D eigenvalue weighted by Crippen LogP contribution is 2.29. The van der Waals surface area contributed by atoms with Crippen LogP contribution in [0.15, 0.2) is 67.0 Å². The van der Waals surface area contributed by atoms with Crippen LogP contribution in [0.25, 0.3) is 0 Å². The summed E-state index contributed by atoms with van der Waals surface area (Å²) in [4.78, 5) is 40.8. The second-order valence-corrected chi connectivity index (χ2v) is 7.40. The minimum Gasteiger partial charge on any atom is -0.504 e. The van der Waals surface area contributed by atoms with Crippen LogP contribution in [0.2, 0.25) is 0 Å². The van der Waals surface area contributed by atoms with E-state index in [1.807, 2.05) is 0 Å². The lowest BCUT2D eigenvalue weighted by Crippen LogP contribution is -2.38. The number of aromatic hydroxyl groups is 1. The lowest BCUT2D eigenvalue weighted by atomic mass is 10.0. The number of anilines is 1. The summed E-state index contributed by atoms with van der Waals surface area (Å²) in [5, 5.41) is 15.7. The van der Waals surface area contributed by atoms with Crippen molar-refractivity contribution in [3.63, 3.8) is 0 Å². The van der Waals surface area contributed by atoms with Crippen molar-refractivity contribution < 1.29 is 29.0 Å². The van der Waals surface area contributed by atoms with E-state index >= 15 is 0 Å². The van der Waals surface area contributed by atoms with Crippen LogP contribution in [0.3, 0.4) is 0 Å². The third kappa shape index (κ3) is 6.32. The van der Waals surface area contributed by atoms with Gasteiger partial charge in [-0.2, -0.15) is 0 Å². The molecule has 0 unspecified atom stereocenters. The van der Waals surface area contributed by atoms with Gasteiger partial charge in [0, 0.05) is 24.1 Å². The summed E-state index contributed by atoms with van der Waals surface area (Å²) in [6, 6.07) is 14.4. The smallest absolute Gasteiger partial charge is 0.307 e. The van der Waals surface area contributed by atoms with Crippen LogP contribution >= 0.6 is 0 Å². The number of ether oxygens (including phenoxy) is 2. The van der Waals surface area contributed by atoms with Gasteiger partial charge in [0.15, 0.2) is 11.5 Å². The molecule has 176 valence electrons. The monoisotopic (exact) mass is 463 g/mol. The molecule has 3 rings (SSSR count). The number of nitrogens with zero attached hydrogens (tertiary/aromatic N) is 1. The van der Waals surface area contributed by atoms with Crippen LogP contribution < -0.4 is 15.4 Å². The topological polar surface area (TPSA) is 127 Å². The number of benzene rings is 2. The van der Waals surface area contributed by atoms with Gasteiger partial charge < -0.3 is 25.2 Å². The second kappa shape index (κ2) is 11.5. The summed E-state index contributed by atoms with van der Waals surface area (Å²) in [5.41, 5.74) is 1.82. The number of methoxy groups -OCH3 is 2. The molecule has 34 heavy (non-hydrogen) atoms. The van der Waals surface area contributed by atoms with Gasteiger partial charge in [0.25, 0.3) is 11.8 Å². The first-order chi connectivity index (χ1) is 16.4. The highest BCUT2D eigenvalue weighted by Gasteiger charge is 2.19. The Kier molecular flexibility index (Phi) is 8.17. The average Bonchev–Trinajstić information content (AvgIpc) is 2.85. The zero-order valence-corrected chi connectivity index (χ0v) is 18.8.